The van der Waals surface area contributed by atoms with Crippen LogP contribution in [-0.2, 0) is 25.6 Å². The van der Waals surface area contributed by atoms with E-state index in [-0.39, 0.29) is 36.8 Å². The molecule has 32 heavy (non-hydrogen) atoms. The second-order valence-corrected chi connectivity index (χ2v) is 8.18. The van der Waals surface area contributed by atoms with Crippen LogP contribution in [0.5, 0.6) is 0 Å². The Bertz CT molecular complexity index is 926. The van der Waals surface area contributed by atoms with Crippen molar-refractivity contribution in [2.45, 2.75) is 44.6 Å². The number of benzene rings is 1. The SMILES string of the molecule is NC(=O)[C@H](C[C@@H]1CCNC1=O)NC(=O)C(=CC1CC1)NC(=O)CCc1cc(F)cc(F)c1. The lowest BCUT2D eigenvalue weighted by molar-refractivity contribution is -0.128. The van der Waals surface area contributed by atoms with Crippen LogP contribution < -0.4 is 21.7 Å². The number of aryl methyl sites for hydroxylation is 1. The van der Waals surface area contributed by atoms with Crippen molar-refractivity contribution < 1.29 is 28.0 Å². The van der Waals surface area contributed by atoms with E-state index >= 15 is 0 Å². The van der Waals surface area contributed by atoms with Crippen LogP contribution in [-0.4, -0.2) is 36.2 Å². The Morgan fingerprint density at radius 2 is 1.84 bits per heavy atom. The predicted molar refractivity (Wildman–Crippen MR) is 110 cm³/mol. The van der Waals surface area contributed by atoms with Gasteiger partial charge >= 0.3 is 0 Å². The Balaban J connectivity index is 1.60. The van der Waals surface area contributed by atoms with Crippen molar-refractivity contribution in [3.63, 3.8) is 0 Å². The fourth-order valence-electron chi connectivity index (χ4n) is 3.54. The maximum atomic E-state index is 13.3. The van der Waals surface area contributed by atoms with Gasteiger partial charge in [-0.1, -0.05) is 6.08 Å². The Morgan fingerprint density at radius 1 is 1.16 bits per heavy atom. The van der Waals surface area contributed by atoms with Gasteiger partial charge in [0.15, 0.2) is 0 Å². The lowest BCUT2D eigenvalue weighted by Crippen LogP contribution is -2.48. The lowest BCUT2D eigenvalue weighted by Gasteiger charge is -2.19. The second kappa shape index (κ2) is 10.3. The maximum absolute atomic E-state index is 13.3. The largest absolute Gasteiger partial charge is 0.368 e. The molecule has 1 aromatic carbocycles. The van der Waals surface area contributed by atoms with Gasteiger partial charge in [-0.15, -0.1) is 0 Å². The number of nitrogens with two attached hydrogens (primary N) is 1. The van der Waals surface area contributed by atoms with Crippen molar-refractivity contribution in [1.29, 1.82) is 0 Å². The molecule has 2 fully saturated rings. The third-order valence-corrected chi connectivity index (χ3v) is 5.44. The summed E-state index contributed by atoms with van der Waals surface area (Å²) in [5.74, 6) is -3.91. The Kier molecular flexibility index (Phi) is 7.55. The highest BCUT2D eigenvalue weighted by Gasteiger charge is 2.31. The van der Waals surface area contributed by atoms with Crippen LogP contribution in [0.15, 0.2) is 30.0 Å². The molecule has 0 aromatic heterocycles. The third kappa shape index (κ3) is 6.86. The number of primary amides is 1. The minimum absolute atomic E-state index is 0.00922. The van der Waals surface area contributed by atoms with E-state index in [4.69, 9.17) is 5.73 Å². The van der Waals surface area contributed by atoms with Gasteiger partial charge in [0.1, 0.15) is 23.4 Å². The molecule has 0 radical (unpaired) electrons. The number of allylic oxidation sites excluding steroid dienone is 1. The average molecular weight is 448 g/mol. The fourth-order valence-corrected chi connectivity index (χ4v) is 3.54. The molecule has 1 saturated carbocycles. The zero-order valence-corrected chi connectivity index (χ0v) is 17.5. The smallest absolute Gasteiger partial charge is 0.268 e. The van der Waals surface area contributed by atoms with E-state index in [1.807, 2.05) is 0 Å². The molecule has 8 nitrogen and oxygen atoms in total. The molecule has 1 aliphatic heterocycles. The number of amides is 4. The van der Waals surface area contributed by atoms with Gasteiger partial charge in [-0.25, -0.2) is 8.78 Å². The highest BCUT2D eigenvalue weighted by Crippen LogP contribution is 2.31. The number of hydrogen-bond acceptors (Lipinski definition) is 4. The number of carbonyl (C=O) groups excluding carboxylic acids is 4. The molecule has 1 aromatic rings. The topological polar surface area (TPSA) is 130 Å². The van der Waals surface area contributed by atoms with Crippen LogP contribution in [0.2, 0.25) is 0 Å². The first-order valence-corrected chi connectivity index (χ1v) is 10.6. The molecule has 4 amide bonds. The number of rotatable bonds is 10. The van der Waals surface area contributed by atoms with Gasteiger partial charge in [0.2, 0.25) is 17.7 Å². The average Bonchev–Trinajstić information content (AvgIpc) is 3.44. The molecule has 172 valence electrons. The van der Waals surface area contributed by atoms with Crippen LogP contribution in [0.25, 0.3) is 0 Å². The minimum atomic E-state index is -1.06. The van der Waals surface area contributed by atoms with E-state index in [2.05, 4.69) is 16.0 Å². The summed E-state index contributed by atoms with van der Waals surface area (Å²) >= 11 is 0. The molecule has 5 N–H and O–H groups in total. The quantitative estimate of drug-likeness (QED) is 0.395. The van der Waals surface area contributed by atoms with Gasteiger partial charge in [0.05, 0.1) is 0 Å². The number of nitrogens with one attached hydrogen (secondary N) is 3. The summed E-state index contributed by atoms with van der Waals surface area (Å²) in [5, 5.41) is 7.71. The molecule has 10 heteroatoms. The molecular weight excluding hydrogens is 422 g/mol. The van der Waals surface area contributed by atoms with Crippen LogP contribution in [0.4, 0.5) is 8.78 Å². The van der Waals surface area contributed by atoms with Gasteiger partial charge in [-0.2, -0.15) is 0 Å². The van der Waals surface area contributed by atoms with Crippen LogP contribution >= 0.6 is 0 Å². The molecule has 3 rings (SSSR count). The number of halogens is 2. The molecule has 0 spiro atoms. The van der Waals surface area contributed by atoms with Crippen molar-refractivity contribution in [3.8, 4) is 0 Å². The van der Waals surface area contributed by atoms with E-state index < -0.39 is 41.3 Å². The van der Waals surface area contributed by atoms with Crippen molar-refractivity contribution >= 4 is 23.6 Å². The van der Waals surface area contributed by atoms with Gasteiger partial charge in [-0.3, -0.25) is 19.2 Å². The molecule has 0 unspecified atom stereocenters. The van der Waals surface area contributed by atoms with Gasteiger partial charge in [-0.05, 0) is 55.7 Å². The molecule has 2 aliphatic rings. The molecule has 2 atom stereocenters. The van der Waals surface area contributed by atoms with Gasteiger partial charge < -0.3 is 21.7 Å². The molecule has 1 heterocycles. The summed E-state index contributed by atoms with van der Waals surface area (Å²) in [7, 11) is 0. The van der Waals surface area contributed by atoms with E-state index in [1.165, 1.54) is 0 Å². The summed E-state index contributed by atoms with van der Waals surface area (Å²) < 4.78 is 26.6. The molecule has 0 bridgehead atoms. The van der Waals surface area contributed by atoms with Crippen molar-refractivity contribution in [2.24, 2.45) is 17.6 Å². The highest BCUT2D eigenvalue weighted by molar-refractivity contribution is 5.99. The van der Waals surface area contributed by atoms with Crippen molar-refractivity contribution in [3.05, 3.63) is 47.2 Å². The van der Waals surface area contributed by atoms with Crippen molar-refractivity contribution in [1.82, 2.24) is 16.0 Å². The normalized spacial score (nSPS) is 19.2. The first-order valence-electron chi connectivity index (χ1n) is 10.6. The Morgan fingerprint density at radius 3 is 2.41 bits per heavy atom. The summed E-state index contributed by atoms with van der Waals surface area (Å²) in [5.41, 5.74) is 5.72. The molecule has 1 saturated heterocycles. The fraction of sp³-hybridized carbons (Fsp3) is 0.455. The lowest BCUT2D eigenvalue weighted by atomic mass is 9.98. The van der Waals surface area contributed by atoms with E-state index in [1.54, 1.807) is 6.08 Å². The first kappa shape index (κ1) is 23.4. The van der Waals surface area contributed by atoms with E-state index in [9.17, 15) is 28.0 Å². The monoisotopic (exact) mass is 448 g/mol. The van der Waals surface area contributed by atoms with E-state index in [0.29, 0.717) is 18.5 Å². The predicted octanol–water partition coefficient (Wildman–Crippen LogP) is 0.804. The zero-order chi connectivity index (χ0) is 23.3. The standard InChI is InChI=1S/C22H26F2N4O4/c23-15-7-13(8-16(24)11-15)3-4-19(29)27-18(9-12-1-2-12)22(32)28-17(20(25)30)10-14-5-6-26-21(14)31/h7-9,11-12,14,17H,1-6,10H2,(H2,25,30)(H,26,31)(H,27,29)(H,28,32)/t14-,17-/m0/s1. The minimum Gasteiger partial charge on any atom is -0.368 e. The van der Waals surface area contributed by atoms with Gasteiger partial charge in [0.25, 0.3) is 5.91 Å². The Labute approximate surface area is 184 Å². The second-order valence-electron chi connectivity index (χ2n) is 8.18. The molecule has 1 aliphatic carbocycles. The summed E-state index contributed by atoms with van der Waals surface area (Å²) in [6, 6.07) is 1.96. The van der Waals surface area contributed by atoms with Crippen LogP contribution in [0, 0.1) is 23.5 Å². The third-order valence-electron chi connectivity index (χ3n) is 5.44. The van der Waals surface area contributed by atoms with E-state index in [0.717, 1.165) is 31.0 Å². The summed E-state index contributed by atoms with van der Waals surface area (Å²) in [4.78, 5) is 48.8. The maximum Gasteiger partial charge on any atom is 0.268 e. The Hall–Kier alpha value is -3.30. The summed E-state index contributed by atoms with van der Waals surface area (Å²) in [6.45, 7) is 0.501. The summed E-state index contributed by atoms with van der Waals surface area (Å²) in [6.07, 6.45) is 3.96. The highest BCUT2D eigenvalue weighted by atomic mass is 19.1. The van der Waals surface area contributed by atoms with Crippen LogP contribution in [0.1, 0.15) is 37.7 Å². The van der Waals surface area contributed by atoms with Crippen LogP contribution in [0.3, 0.4) is 0 Å². The zero-order valence-electron chi connectivity index (χ0n) is 17.5. The number of carbonyl (C=O) groups is 4. The van der Waals surface area contributed by atoms with Crippen molar-refractivity contribution in [2.75, 3.05) is 6.54 Å². The van der Waals surface area contributed by atoms with Gasteiger partial charge in [0, 0.05) is 24.9 Å². The first-order chi connectivity index (χ1) is 15.2. The number of hydrogen-bond donors (Lipinski definition) is 4. The molecular formula is C22H26F2N4O4.